The fraction of sp³-hybridized carbons (Fsp3) is 0.579. The van der Waals surface area contributed by atoms with Crippen LogP contribution in [0.15, 0.2) is 18.2 Å². The van der Waals surface area contributed by atoms with Gasteiger partial charge >= 0.3 is 6.36 Å². The second-order valence-electron chi connectivity index (χ2n) is 7.15. The lowest BCUT2D eigenvalue weighted by atomic mass is 10.2. The van der Waals surface area contributed by atoms with Gasteiger partial charge in [0.1, 0.15) is 13.8 Å². The Bertz CT molecular complexity index is 621. The van der Waals surface area contributed by atoms with Gasteiger partial charge in [-0.2, -0.15) is 0 Å². The molecular weight excluding hydrogens is 343 g/mol. The van der Waals surface area contributed by atoms with E-state index in [1.165, 1.54) is 12.1 Å². The molecule has 0 fully saturated rings. The summed E-state index contributed by atoms with van der Waals surface area (Å²) >= 11 is 0. The summed E-state index contributed by atoms with van der Waals surface area (Å²) in [5, 5.41) is 2.99. The van der Waals surface area contributed by atoms with Gasteiger partial charge in [-0.15, -0.1) is 18.7 Å². The molecule has 0 unspecified atom stereocenters. The highest BCUT2D eigenvalue weighted by Crippen LogP contribution is 2.41. The summed E-state index contributed by atoms with van der Waals surface area (Å²) in [5.41, 5.74) is 6.11. The van der Waals surface area contributed by atoms with E-state index in [9.17, 15) is 13.2 Å². The van der Waals surface area contributed by atoms with Crippen molar-refractivity contribution in [3.63, 3.8) is 0 Å². The molecule has 0 spiro atoms. The highest BCUT2D eigenvalue weighted by Gasteiger charge is 2.41. The first kappa shape index (κ1) is 21.4. The summed E-state index contributed by atoms with van der Waals surface area (Å²) < 4.78 is 41.5. The average Bonchev–Trinajstić information content (AvgIpc) is 2.45. The summed E-state index contributed by atoms with van der Waals surface area (Å²) in [6, 6.07) is 4.21. The van der Waals surface area contributed by atoms with Crippen LogP contribution in [0.5, 0.6) is 5.75 Å². The summed E-state index contributed by atoms with van der Waals surface area (Å²) in [6.45, 7) is 13.2. The van der Waals surface area contributed by atoms with Gasteiger partial charge in [0.25, 0.3) is 0 Å². The molecule has 6 heteroatoms. The van der Waals surface area contributed by atoms with Crippen LogP contribution >= 0.6 is 0 Å². The van der Waals surface area contributed by atoms with Crippen LogP contribution in [0.1, 0.15) is 47.1 Å². The molecule has 25 heavy (non-hydrogen) atoms. The molecule has 0 atom stereocenters. The van der Waals surface area contributed by atoms with Crippen molar-refractivity contribution in [1.29, 1.82) is 0 Å². The van der Waals surface area contributed by atoms with Gasteiger partial charge in [0, 0.05) is 12.7 Å². The number of halogens is 3. The molecule has 0 radical (unpaired) electrons. The largest absolute Gasteiger partial charge is 0.573 e. The Morgan fingerprint density at radius 1 is 1.00 bits per heavy atom. The Balaban J connectivity index is 3.41. The van der Waals surface area contributed by atoms with Crippen molar-refractivity contribution >= 4 is 13.8 Å². The zero-order valence-corrected chi connectivity index (χ0v) is 17.0. The molecule has 1 rings (SSSR count). The summed E-state index contributed by atoms with van der Waals surface area (Å²) in [7, 11) is -0.237. The Hall–Kier alpha value is -1.61. The van der Waals surface area contributed by atoms with Gasteiger partial charge in [0.15, 0.2) is 0 Å². The van der Waals surface area contributed by atoms with Crippen LogP contribution in [0.25, 0.3) is 0 Å². The monoisotopic (exact) mass is 371 g/mol. The van der Waals surface area contributed by atoms with Gasteiger partial charge in [-0.05, 0) is 34.8 Å². The van der Waals surface area contributed by atoms with Gasteiger partial charge < -0.3 is 10.1 Å². The fourth-order valence-corrected chi connectivity index (χ4v) is 8.87. The molecule has 140 valence electrons. The third-order valence-electron chi connectivity index (χ3n) is 4.77. The minimum Gasteiger partial charge on any atom is -0.406 e. The fourth-order valence-electron chi connectivity index (χ4n) is 3.65. The Labute approximate surface area is 150 Å². The molecule has 0 aliphatic carbocycles. The van der Waals surface area contributed by atoms with E-state index in [0.29, 0.717) is 27.9 Å². The van der Waals surface area contributed by atoms with Crippen molar-refractivity contribution in [2.24, 2.45) is 0 Å². The lowest BCUT2D eigenvalue weighted by Gasteiger charge is -2.38. The SMILES string of the molecule is CNc1ccc(OC(F)(F)F)cc1C#C[Si](C(C)C)(C(C)C)C(C)C. The van der Waals surface area contributed by atoms with E-state index in [2.05, 4.69) is 63.1 Å². The number of hydrogen-bond acceptors (Lipinski definition) is 2. The van der Waals surface area contributed by atoms with Crippen LogP contribution in [0, 0.1) is 11.5 Å². The van der Waals surface area contributed by atoms with E-state index in [-0.39, 0.29) is 5.75 Å². The van der Waals surface area contributed by atoms with Gasteiger partial charge in [-0.1, -0.05) is 47.5 Å². The van der Waals surface area contributed by atoms with E-state index in [0.717, 1.165) is 0 Å². The first-order valence-electron chi connectivity index (χ1n) is 8.54. The molecule has 0 aliphatic rings. The smallest absolute Gasteiger partial charge is 0.406 e. The highest BCUT2D eigenvalue weighted by molar-refractivity contribution is 6.90. The molecule has 0 saturated carbocycles. The molecule has 1 aromatic carbocycles. The van der Waals surface area contributed by atoms with Gasteiger partial charge in [0.2, 0.25) is 0 Å². The second-order valence-corrected chi connectivity index (χ2v) is 12.7. The standard InChI is InChI=1S/C19H28F3NOSi/c1-13(2)25(14(3)4,15(5)6)11-10-16-12-17(24-19(20,21)22)8-9-18(16)23-7/h8-9,12-15,23H,1-7H3. The van der Waals surface area contributed by atoms with E-state index >= 15 is 0 Å². The van der Waals surface area contributed by atoms with Crippen LogP contribution in [0.4, 0.5) is 18.9 Å². The van der Waals surface area contributed by atoms with Crippen LogP contribution in [0.2, 0.25) is 16.6 Å². The first-order valence-corrected chi connectivity index (χ1v) is 10.8. The number of nitrogens with one attached hydrogen (secondary N) is 1. The highest BCUT2D eigenvalue weighted by atomic mass is 28.3. The molecule has 0 aromatic heterocycles. The van der Waals surface area contributed by atoms with Gasteiger partial charge in [-0.25, -0.2) is 0 Å². The quantitative estimate of drug-likeness (QED) is 0.492. The topological polar surface area (TPSA) is 21.3 Å². The van der Waals surface area contributed by atoms with Crippen molar-refractivity contribution in [2.75, 3.05) is 12.4 Å². The normalized spacial score (nSPS) is 12.4. The van der Waals surface area contributed by atoms with Crippen LogP contribution in [-0.2, 0) is 0 Å². The zero-order valence-electron chi connectivity index (χ0n) is 16.0. The van der Waals surface area contributed by atoms with Crippen molar-refractivity contribution < 1.29 is 17.9 Å². The molecule has 0 aliphatic heterocycles. The number of anilines is 1. The van der Waals surface area contributed by atoms with Crippen molar-refractivity contribution in [3.05, 3.63) is 23.8 Å². The maximum Gasteiger partial charge on any atom is 0.573 e. The summed E-state index contributed by atoms with van der Waals surface area (Å²) in [5.74, 6) is 2.93. The lowest BCUT2D eigenvalue weighted by molar-refractivity contribution is -0.274. The van der Waals surface area contributed by atoms with E-state index in [4.69, 9.17) is 0 Å². The Kier molecular flexibility index (Phi) is 7.01. The number of alkyl halides is 3. The number of ether oxygens (including phenoxy) is 1. The minimum absolute atomic E-state index is 0.248. The van der Waals surface area contributed by atoms with Crippen LogP contribution in [0.3, 0.4) is 0 Å². The number of rotatable bonds is 5. The molecule has 1 aromatic rings. The number of hydrogen-bond donors (Lipinski definition) is 1. The van der Waals surface area contributed by atoms with Crippen molar-refractivity contribution in [1.82, 2.24) is 0 Å². The predicted molar refractivity (Wildman–Crippen MR) is 101 cm³/mol. The third kappa shape index (κ3) is 5.18. The van der Waals surface area contributed by atoms with E-state index < -0.39 is 14.4 Å². The van der Waals surface area contributed by atoms with E-state index in [1.54, 1.807) is 13.1 Å². The van der Waals surface area contributed by atoms with Crippen molar-refractivity contribution in [3.8, 4) is 17.2 Å². The average molecular weight is 372 g/mol. The van der Waals surface area contributed by atoms with Crippen LogP contribution < -0.4 is 10.1 Å². The van der Waals surface area contributed by atoms with Crippen LogP contribution in [-0.4, -0.2) is 21.5 Å². The van der Waals surface area contributed by atoms with E-state index in [1.807, 2.05) is 0 Å². The molecule has 0 bridgehead atoms. The van der Waals surface area contributed by atoms with Gasteiger partial charge in [0.05, 0.1) is 5.56 Å². The van der Waals surface area contributed by atoms with Gasteiger partial charge in [-0.3, -0.25) is 0 Å². The zero-order chi connectivity index (χ0) is 19.4. The molecule has 0 saturated heterocycles. The second kappa shape index (κ2) is 8.18. The Morgan fingerprint density at radius 3 is 1.92 bits per heavy atom. The molecular formula is C19H28F3NOSi. The first-order chi connectivity index (χ1) is 11.4. The molecule has 2 nitrogen and oxygen atoms in total. The molecule has 0 heterocycles. The molecule has 0 amide bonds. The molecule has 1 N–H and O–H groups in total. The number of benzene rings is 1. The maximum atomic E-state index is 12.5. The Morgan fingerprint density at radius 2 is 1.52 bits per heavy atom. The maximum absolute atomic E-state index is 12.5. The summed E-state index contributed by atoms with van der Waals surface area (Å²) in [4.78, 5) is 0. The predicted octanol–water partition coefficient (Wildman–Crippen LogP) is 6.20. The summed E-state index contributed by atoms with van der Waals surface area (Å²) in [6.07, 6.45) is -4.71. The minimum atomic E-state index is -4.71. The lowest BCUT2D eigenvalue weighted by Crippen LogP contribution is -2.43. The third-order valence-corrected chi connectivity index (χ3v) is 11.1. The van der Waals surface area contributed by atoms with Crippen molar-refractivity contribution in [2.45, 2.75) is 64.5 Å².